The summed E-state index contributed by atoms with van der Waals surface area (Å²) in [4.78, 5) is 0. The number of aromatic nitrogens is 4. The van der Waals surface area contributed by atoms with Gasteiger partial charge >= 0.3 is 0 Å². The van der Waals surface area contributed by atoms with Gasteiger partial charge in [0.2, 0.25) is 0 Å². The number of aryl methyl sites for hydroxylation is 4. The first-order valence-electron chi connectivity index (χ1n) is 21.7. The van der Waals surface area contributed by atoms with E-state index in [9.17, 15) is 0 Å². The molecule has 0 aliphatic carbocycles. The van der Waals surface area contributed by atoms with Crippen molar-refractivity contribution in [3.05, 3.63) is 158 Å². The third kappa shape index (κ3) is 4.91. The van der Waals surface area contributed by atoms with Crippen molar-refractivity contribution in [1.29, 1.82) is 0 Å². The van der Waals surface area contributed by atoms with E-state index in [-0.39, 0.29) is 0 Å². The van der Waals surface area contributed by atoms with Gasteiger partial charge in [-0.15, -0.1) is 0 Å². The third-order valence-corrected chi connectivity index (χ3v) is 13.5. The van der Waals surface area contributed by atoms with E-state index in [4.69, 9.17) is 0 Å². The smallest absolute Gasteiger partial charge is 0.0491 e. The van der Waals surface area contributed by atoms with Crippen LogP contribution in [0, 0.1) is 0 Å². The highest BCUT2D eigenvalue weighted by molar-refractivity contribution is 6.14. The van der Waals surface area contributed by atoms with Crippen LogP contribution in [0.3, 0.4) is 0 Å². The van der Waals surface area contributed by atoms with Crippen LogP contribution in [0.25, 0.3) is 121 Å². The van der Waals surface area contributed by atoms with Gasteiger partial charge in [0.25, 0.3) is 0 Å². The topological polar surface area (TPSA) is 19.7 Å². The number of hydrogen-bond acceptors (Lipinski definition) is 0. The Morgan fingerprint density at radius 3 is 0.667 bits per heavy atom. The summed E-state index contributed by atoms with van der Waals surface area (Å²) in [6, 6.07) is 59.9. The number of fused-ring (bicyclic) bond motifs is 12. The zero-order valence-electron chi connectivity index (χ0n) is 34.6. The number of para-hydroxylation sites is 2. The maximum atomic E-state index is 2.47. The summed E-state index contributed by atoms with van der Waals surface area (Å²) in [6.45, 7) is 12.7. The number of benzene rings is 8. The second-order valence-electron chi connectivity index (χ2n) is 16.4. The molecule has 60 heavy (non-hydrogen) atoms. The van der Waals surface area contributed by atoms with E-state index in [0.717, 1.165) is 26.2 Å². The summed E-state index contributed by atoms with van der Waals surface area (Å²) in [5.74, 6) is 0. The van der Waals surface area contributed by atoms with Gasteiger partial charge in [0.1, 0.15) is 0 Å². The average molecular weight is 775 g/mol. The summed E-state index contributed by atoms with van der Waals surface area (Å²) < 4.78 is 9.79. The molecule has 4 nitrogen and oxygen atoms in total. The van der Waals surface area contributed by atoms with Gasteiger partial charge in [0, 0.05) is 113 Å². The lowest BCUT2D eigenvalue weighted by Gasteiger charge is -2.07. The molecule has 8 aromatic carbocycles. The maximum absolute atomic E-state index is 2.47. The Morgan fingerprint density at radius 2 is 0.433 bits per heavy atom. The summed E-state index contributed by atoms with van der Waals surface area (Å²) in [5.41, 5.74) is 17.8. The van der Waals surface area contributed by atoms with Crippen molar-refractivity contribution >= 4 is 87.2 Å². The fourth-order valence-corrected chi connectivity index (χ4v) is 10.8. The molecule has 0 unspecified atom stereocenters. The quantitative estimate of drug-likeness (QED) is 0.154. The highest BCUT2D eigenvalue weighted by Gasteiger charge is 2.17. The standard InChI is InChI=1S/C56H46N4/c1-5-57-49-15-11-9-13-41(49)43-29-35(17-23-51(43)57)37-19-25-53-45(31-37)47-33-39(21-27-55(47)59(53)7-3)40-22-28-56-48(34-40)46-32-38(20-26-54(46)60(56)8-4)36-18-24-52-44(30-36)42-14-10-12-16-50(42)58(52)6-2/h9-34H,5-8H2,1-4H3. The monoisotopic (exact) mass is 774 g/mol. The van der Waals surface area contributed by atoms with Crippen LogP contribution in [0.1, 0.15) is 27.7 Å². The van der Waals surface area contributed by atoms with Crippen molar-refractivity contribution in [2.75, 3.05) is 0 Å². The van der Waals surface area contributed by atoms with Crippen molar-refractivity contribution in [2.24, 2.45) is 0 Å². The third-order valence-electron chi connectivity index (χ3n) is 13.5. The molecule has 0 aliphatic rings. The van der Waals surface area contributed by atoms with Gasteiger partial charge in [-0.05, 0) is 146 Å². The van der Waals surface area contributed by atoms with Gasteiger partial charge in [-0.2, -0.15) is 0 Å². The fourth-order valence-electron chi connectivity index (χ4n) is 10.8. The van der Waals surface area contributed by atoms with E-state index >= 15 is 0 Å². The molecule has 0 radical (unpaired) electrons. The second-order valence-corrected chi connectivity index (χ2v) is 16.4. The molecule has 0 saturated carbocycles. The molecule has 12 aromatic rings. The number of nitrogens with zero attached hydrogens (tertiary/aromatic N) is 4. The van der Waals surface area contributed by atoms with Gasteiger partial charge in [-0.1, -0.05) is 72.8 Å². The van der Waals surface area contributed by atoms with Crippen LogP contribution in [-0.4, -0.2) is 18.3 Å². The van der Waals surface area contributed by atoms with E-state index in [1.54, 1.807) is 0 Å². The Labute approximate surface area is 349 Å². The Bertz CT molecular complexity index is 3470. The van der Waals surface area contributed by atoms with E-state index in [1.165, 1.54) is 121 Å². The molecule has 4 heteroatoms. The van der Waals surface area contributed by atoms with Gasteiger partial charge < -0.3 is 18.3 Å². The Morgan fingerprint density at radius 1 is 0.233 bits per heavy atom. The van der Waals surface area contributed by atoms with Crippen LogP contribution in [0.15, 0.2) is 158 Å². The van der Waals surface area contributed by atoms with E-state index < -0.39 is 0 Å². The molecule has 0 saturated heterocycles. The van der Waals surface area contributed by atoms with E-state index in [1.807, 2.05) is 0 Å². The number of rotatable bonds is 7. The fraction of sp³-hybridized carbons (Fsp3) is 0.143. The molecular formula is C56H46N4. The van der Waals surface area contributed by atoms with Gasteiger partial charge in [-0.3, -0.25) is 0 Å². The first kappa shape index (κ1) is 35.0. The molecule has 4 aromatic heterocycles. The van der Waals surface area contributed by atoms with Crippen LogP contribution < -0.4 is 0 Å². The van der Waals surface area contributed by atoms with Crippen LogP contribution in [0.5, 0.6) is 0 Å². The highest BCUT2D eigenvalue weighted by Crippen LogP contribution is 2.40. The molecule has 0 bridgehead atoms. The molecule has 4 heterocycles. The Hall–Kier alpha value is -7.04. The molecule has 290 valence electrons. The van der Waals surface area contributed by atoms with Crippen LogP contribution in [-0.2, 0) is 26.2 Å². The first-order chi connectivity index (χ1) is 29.6. The molecule has 0 amide bonds. The van der Waals surface area contributed by atoms with Crippen molar-refractivity contribution in [3.8, 4) is 33.4 Å². The molecule has 0 aliphatic heterocycles. The average Bonchev–Trinajstić information content (AvgIpc) is 4.01. The van der Waals surface area contributed by atoms with E-state index in [0.29, 0.717) is 0 Å². The summed E-state index contributed by atoms with van der Waals surface area (Å²) in [7, 11) is 0. The predicted octanol–water partition coefficient (Wildman–Crippen LogP) is 15.2. The Kier molecular flexibility index (Phi) is 7.71. The van der Waals surface area contributed by atoms with Crippen molar-refractivity contribution in [2.45, 2.75) is 53.9 Å². The molecule has 12 rings (SSSR count). The van der Waals surface area contributed by atoms with Gasteiger partial charge in [0.15, 0.2) is 0 Å². The normalized spacial score (nSPS) is 12.3. The van der Waals surface area contributed by atoms with Crippen molar-refractivity contribution in [1.82, 2.24) is 18.3 Å². The predicted molar refractivity (Wildman–Crippen MR) is 257 cm³/mol. The molecule has 0 N–H and O–H groups in total. The highest BCUT2D eigenvalue weighted by atomic mass is 15.0. The van der Waals surface area contributed by atoms with Crippen LogP contribution in [0.4, 0.5) is 0 Å². The van der Waals surface area contributed by atoms with Crippen LogP contribution in [0.2, 0.25) is 0 Å². The summed E-state index contributed by atoms with van der Waals surface area (Å²) in [6.07, 6.45) is 0. The molecule has 0 spiro atoms. The van der Waals surface area contributed by atoms with Gasteiger partial charge in [-0.25, -0.2) is 0 Å². The van der Waals surface area contributed by atoms with Gasteiger partial charge in [0.05, 0.1) is 0 Å². The maximum Gasteiger partial charge on any atom is 0.0491 e. The lowest BCUT2D eigenvalue weighted by atomic mass is 9.98. The van der Waals surface area contributed by atoms with Crippen LogP contribution >= 0.6 is 0 Å². The minimum atomic E-state index is 0.916. The first-order valence-corrected chi connectivity index (χ1v) is 21.7. The molecular weight excluding hydrogens is 729 g/mol. The SMILES string of the molecule is CCn1c2ccccc2c2cc(-c3ccc4c(c3)c3cc(-c5ccc6c(c5)c5cc(-c7ccc8c(c7)c7ccccc7n8CC)ccc5n6CC)ccc3n4CC)ccc21. The van der Waals surface area contributed by atoms with Crippen molar-refractivity contribution < 1.29 is 0 Å². The minimum absolute atomic E-state index is 0.916. The zero-order chi connectivity index (χ0) is 40.2. The second kappa shape index (κ2) is 13.2. The zero-order valence-corrected chi connectivity index (χ0v) is 34.6. The van der Waals surface area contributed by atoms with E-state index in [2.05, 4.69) is 204 Å². The largest absolute Gasteiger partial charge is 0.341 e. The minimum Gasteiger partial charge on any atom is -0.341 e. The lowest BCUT2D eigenvalue weighted by Crippen LogP contribution is -1.93. The molecule has 0 atom stereocenters. The lowest BCUT2D eigenvalue weighted by molar-refractivity contribution is 0.827. The Balaban J connectivity index is 0.989. The molecule has 0 fully saturated rings. The van der Waals surface area contributed by atoms with Crippen molar-refractivity contribution in [3.63, 3.8) is 0 Å². The summed E-state index contributed by atoms with van der Waals surface area (Å²) >= 11 is 0. The number of hydrogen-bond donors (Lipinski definition) is 0. The summed E-state index contributed by atoms with van der Waals surface area (Å²) in [5, 5.41) is 10.5.